The SMILES string of the molecule is CN1C(=O)CC(=O)C1(C)c1cc(I)c(O)cc1F. The van der Waals surface area contributed by atoms with E-state index >= 15 is 0 Å². The molecule has 1 N–H and O–H groups in total. The second kappa shape index (κ2) is 4.18. The maximum atomic E-state index is 13.9. The number of likely N-dealkylation sites (N-methyl/N-ethyl adjacent to an activating group) is 1. The molecule has 1 aliphatic rings. The summed E-state index contributed by atoms with van der Waals surface area (Å²) >= 11 is 1.85. The van der Waals surface area contributed by atoms with Gasteiger partial charge in [-0.3, -0.25) is 9.59 Å². The van der Waals surface area contributed by atoms with E-state index in [1.807, 2.05) is 22.6 Å². The Morgan fingerprint density at radius 3 is 2.56 bits per heavy atom. The van der Waals surface area contributed by atoms with Crippen LogP contribution in [0.25, 0.3) is 0 Å². The number of aromatic hydroxyl groups is 1. The molecule has 1 aromatic carbocycles. The number of phenolic OH excluding ortho intramolecular Hbond substituents is 1. The predicted molar refractivity (Wildman–Crippen MR) is 70.5 cm³/mol. The Labute approximate surface area is 117 Å². The maximum absolute atomic E-state index is 13.9. The fraction of sp³-hybridized carbons (Fsp3) is 0.333. The van der Waals surface area contributed by atoms with Crippen LogP contribution in [0.4, 0.5) is 4.39 Å². The van der Waals surface area contributed by atoms with E-state index in [-0.39, 0.29) is 29.4 Å². The minimum atomic E-state index is -1.30. The number of carbonyl (C=O) groups excluding carboxylic acids is 2. The van der Waals surface area contributed by atoms with Gasteiger partial charge in [0.2, 0.25) is 5.91 Å². The van der Waals surface area contributed by atoms with Crippen LogP contribution >= 0.6 is 22.6 Å². The van der Waals surface area contributed by atoms with Gasteiger partial charge < -0.3 is 10.0 Å². The molecule has 1 fully saturated rings. The van der Waals surface area contributed by atoms with Crippen molar-refractivity contribution in [1.29, 1.82) is 0 Å². The summed E-state index contributed by atoms with van der Waals surface area (Å²) in [7, 11) is 1.48. The summed E-state index contributed by atoms with van der Waals surface area (Å²) in [5.41, 5.74) is -1.18. The van der Waals surface area contributed by atoms with Crippen molar-refractivity contribution in [2.24, 2.45) is 0 Å². The Hall–Kier alpha value is -1.18. The van der Waals surface area contributed by atoms with Crippen LogP contribution in [-0.4, -0.2) is 28.7 Å². The average Bonchev–Trinajstić information content (AvgIpc) is 2.49. The lowest BCUT2D eigenvalue weighted by atomic mass is 9.88. The van der Waals surface area contributed by atoms with Crippen LogP contribution in [0, 0.1) is 9.39 Å². The Morgan fingerprint density at radius 1 is 1.44 bits per heavy atom. The molecule has 1 aliphatic heterocycles. The number of carbonyl (C=O) groups is 2. The van der Waals surface area contributed by atoms with Crippen molar-refractivity contribution in [2.45, 2.75) is 18.9 Å². The van der Waals surface area contributed by atoms with Gasteiger partial charge in [0.05, 0.1) is 9.99 Å². The molecular formula is C12H11FINO3. The Balaban J connectivity index is 2.64. The van der Waals surface area contributed by atoms with Gasteiger partial charge in [0.25, 0.3) is 0 Å². The quantitative estimate of drug-likeness (QED) is 0.612. The lowest BCUT2D eigenvalue weighted by molar-refractivity contribution is -0.130. The van der Waals surface area contributed by atoms with E-state index in [0.29, 0.717) is 3.57 Å². The normalized spacial score (nSPS) is 23.9. The largest absolute Gasteiger partial charge is 0.507 e. The van der Waals surface area contributed by atoms with Crippen LogP contribution in [0.1, 0.15) is 18.9 Å². The summed E-state index contributed by atoms with van der Waals surface area (Å²) in [5.74, 6) is -1.54. The standard InChI is InChI=1S/C12H11FINO3/c1-12(10(17)5-11(18)15(12)2)6-3-8(14)9(16)4-7(6)13/h3-4,16H,5H2,1-2H3. The second-order valence-electron chi connectivity index (χ2n) is 4.41. The zero-order chi connectivity index (χ0) is 13.7. The van der Waals surface area contributed by atoms with Gasteiger partial charge in [0, 0.05) is 18.7 Å². The fourth-order valence-corrected chi connectivity index (χ4v) is 2.57. The zero-order valence-corrected chi connectivity index (χ0v) is 12.0. The molecule has 1 unspecified atom stereocenters. The topological polar surface area (TPSA) is 57.6 Å². The molecule has 0 radical (unpaired) electrons. The van der Waals surface area contributed by atoms with E-state index in [1.165, 1.54) is 24.9 Å². The van der Waals surface area contributed by atoms with Gasteiger partial charge in [0.15, 0.2) is 5.78 Å². The number of amides is 1. The third kappa shape index (κ3) is 1.70. The van der Waals surface area contributed by atoms with Gasteiger partial charge in [-0.05, 0) is 35.6 Å². The van der Waals surface area contributed by atoms with E-state index < -0.39 is 11.4 Å². The molecule has 0 aliphatic carbocycles. The van der Waals surface area contributed by atoms with E-state index in [1.54, 1.807) is 0 Å². The second-order valence-corrected chi connectivity index (χ2v) is 5.57. The van der Waals surface area contributed by atoms with Gasteiger partial charge in [-0.1, -0.05) is 0 Å². The summed E-state index contributed by atoms with van der Waals surface area (Å²) < 4.78 is 14.4. The zero-order valence-electron chi connectivity index (χ0n) is 9.83. The fourth-order valence-electron chi connectivity index (χ4n) is 2.10. The molecule has 0 bridgehead atoms. The van der Waals surface area contributed by atoms with E-state index in [2.05, 4.69) is 0 Å². The van der Waals surface area contributed by atoms with E-state index in [4.69, 9.17) is 0 Å². The Bertz CT molecular complexity index is 560. The number of hydrogen-bond acceptors (Lipinski definition) is 3. The van der Waals surface area contributed by atoms with Crippen molar-refractivity contribution < 1.29 is 19.1 Å². The number of halogens is 2. The first kappa shape index (κ1) is 13.3. The molecule has 18 heavy (non-hydrogen) atoms. The van der Waals surface area contributed by atoms with Crippen molar-refractivity contribution in [1.82, 2.24) is 4.90 Å². The van der Waals surface area contributed by atoms with Crippen LogP contribution in [0.2, 0.25) is 0 Å². The highest BCUT2D eigenvalue weighted by molar-refractivity contribution is 14.1. The lowest BCUT2D eigenvalue weighted by Gasteiger charge is -2.31. The highest BCUT2D eigenvalue weighted by Gasteiger charge is 2.49. The Morgan fingerprint density at radius 2 is 2.06 bits per heavy atom. The number of nitrogens with zero attached hydrogens (tertiary/aromatic N) is 1. The smallest absolute Gasteiger partial charge is 0.230 e. The molecule has 1 aromatic rings. The highest BCUT2D eigenvalue weighted by Crippen LogP contribution is 2.38. The van der Waals surface area contributed by atoms with Crippen LogP contribution in [-0.2, 0) is 15.1 Å². The molecule has 1 saturated heterocycles. The highest BCUT2D eigenvalue weighted by atomic mass is 127. The molecule has 2 rings (SSSR count). The molecule has 0 saturated carbocycles. The molecular weight excluding hydrogens is 352 g/mol. The van der Waals surface area contributed by atoms with Crippen molar-refractivity contribution in [3.8, 4) is 5.75 Å². The number of rotatable bonds is 1. The molecule has 6 heteroatoms. The van der Waals surface area contributed by atoms with Crippen LogP contribution < -0.4 is 0 Å². The average molecular weight is 363 g/mol. The van der Waals surface area contributed by atoms with Gasteiger partial charge in [-0.25, -0.2) is 4.39 Å². The molecule has 4 nitrogen and oxygen atoms in total. The monoisotopic (exact) mass is 363 g/mol. The van der Waals surface area contributed by atoms with Crippen LogP contribution in [0.3, 0.4) is 0 Å². The summed E-state index contributed by atoms with van der Waals surface area (Å²) in [6.45, 7) is 1.52. The molecule has 0 spiro atoms. The molecule has 1 amide bonds. The lowest BCUT2D eigenvalue weighted by Crippen LogP contribution is -2.42. The minimum Gasteiger partial charge on any atom is -0.507 e. The molecule has 0 aromatic heterocycles. The van der Waals surface area contributed by atoms with Crippen LogP contribution in [0.15, 0.2) is 12.1 Å². The van der Waals surface area contributed by atoms with E-state index in [9.17, 15) is 19.1 Å². The number of phenols is 1. The minimum absolute atomic E-state index is 0.114. The molecule has 1 atom stereocenters. The molecule has 96 valence electrons. The first-order valence-corrected chi connectivity index (χ1v) is 6.34. The van der Waals surface area contributed by atoms with Gasteiger partial charge in [-0.15, -0.1) is 0 Å². The number of Topliss-reactive ketones (excluding diaryl/α,β-unsaturated/α-hetero) is 1. The van der Waals surface area contributed by atoms with Crippen LogP contribution in [0.5, 0.6) is 5.75 Å². The predicted octanol–water partition coefficient (Wildman–Crippen LogP) is 1.78. The third-order valence-electron chi connectivity index (χ3n) is 3.46. The van der Waals surface area contributed by atoms with Crippen molar-refractivity contribution in [3.63, 3.8) is 0 Å². The summed E-state index contributed by atoms with van der Waals surface area (Å²) in [6.07, 6.45) is -0.218. The third-order valence-corrected chi connectivity index (χ3v) is 4.32. The van der Waals surface area contributed by atoms with Gasteiger partial charge in [0.1, 0.15) is 17.1 Å². The van der Waals surface area contributed by atoms with Crippen molar-refractivity contribution >= 4 is 34.3 Å². The first-order valence-electron chi connectivity index (χ1n) is 5.27. The molecule has 1 heterocycles. The van der Waals surface area contributed by atoms with Crippen molar-refractivity contribution in [2.75, 3.05) is 7.05 Å². The summed E-state index contributed by atoms with van der Waals surface area (Å²) in [5, 5.41) is 9.42. The van der Waals surface area contributed by atoms with Gasteiger partial charge in [-0.2, -0.15) is 0 Å². The van der Waals surface area contributed by atoms with Gasteiger partial charge >= 0.3 is 0 Å². The number of hydrogen-bond donors (Lipinski definition) is 1. The number of benzene rings is 1. The number of ketones is 1. The first-order chi connectivity index (χ1) is 8.28. The maximum Gasteiger partial charge on any atom is 0.230 e. The number of likely N-dealkylation sites (tertiary alicyclic amines) is 1. The summed E-state index contributed by atoms with van der Waals surface area (Å²) in [4.78, 5) is 24.8. The summed E-state index contributed by atoms with van der Waals surface area (Å²) in [6, 6.07) is 2.37. The Kier molecular flexibility index (Phi) is 3.08. The van der Waals surface area contributed by atoms with E-state index in [0.717, 1.165) is 6.07 Å². The van der Waals surface area contributed by atoms with Crippen molar-refractivity contribution in [3.05, 3.63) is 27.1 Å².